The van der Waals surface area contributed by atoms with Crippen molar-refractivity contribution in [1.29, 1.82) is 0 Å². The molecule has 1 aliphatic carbocycles. The Morgan fingerprint density at radius 2 is 1.61 bits per heavy atom. The van der Waals surface area contributed by atoms with Gasteiger partial charge in [-0.2, -0.15) is 34.7 Å². The predicted molar refractivity (Wildman–Crippen MR) is 82.1 cm³/mol. The molecular weight excluding hydrogens is 389 g/mol. The van der Waals surface area contributed by atoms with Gasteiger partial charge in [0, 0.05) is 0 Å². The van der Waals surface area contributed by atoms with E-state index in [1.54, 1.807) is 28.2 Å². The molecule has 0 aliphatic heterocycles. The van der Waals surface area contributed by atoms with Gasteiger partial charge in [0.2, 0.25) is 0 Å². The van der Waals surface area contributed by atoms with Crippen molar-refractivity contribution in [2.75, 3.05) is 41.3 Å². The van der Waals surface area contributed by atoms with Gasteiger partial charge in [0.15, 0.2) is 0 Å². The molecule has 0 bridgehead atoms. The van der Waals surface area contributed by atoms with Crippen molar-refractivity contribution in [2.24, 2.45) is 0 Å². The fourth-order valence-corrected chi connectivity index (χ4v) is 1.06. The second kappa shape index (κ2) is 25.9. The van der Waals surface area contributed by atoms with Crippen LogP contribution < -0.4 is 0 Å². The van der Waals surface area contributed by atoms with Gasteiger partial charge < -0.3 is 23.4 Å². The SMILES string of the molecule is CC[N-]CCC1=CC=CC1.C[N-]C.C[N-]C.[CH3-].[Hf+4]. The number of hydrogen-bond donors (Lipinski definition) is 0. The molecule has 0 heterocycles. The summed E-state index contributed by atoms with van der Waals surface area (Å²) in [6.45, 7) is 4.05. The van der Waals surface area contributed by atoms with Crippen LogP contribution in [0.2, 0.25) is 0 Å². The molecule has 0 atom stereocenters. The molecule has 0 saturated heterocycles. The first kappa shape index (κ1) is 26.7. The van der Waals surface area contributed by atoms with E-state index in [1.165, 1.54) is 5.57 Å². The van der Waals surface area contributed by atoms with E-state index in [9.17, 15) is 0 Å². The summed E-state index contributed by atoms with van der Waals surface area (Å²) < 4.78 is 0. The van der Waals surface area contributed by atoms with E-state index >= 15 is 0 Å². The van der Waals surface area contributed by atoms with E-state index in [4.69, 9.17) is 0 Å². The van der Waals surface area contributed by atoms with Crippen molar-refractivity contribution in [3.05, 3.63) is 47.2 Å². The number of rotatable bonds is 4. The van der Waals surface area contributed by atoms with Crippen molar-refractivity contribution < 1.29 is 25.8 Å². The monoisotopic (exact) mass is 419 g/mol. The maximum Gasteiger partial charge on any atom is 4.00 e. The maximum absolute atomic E-state index is 4.27. The summed E-state index contributed by atoms with van der Waals surface area (Å²) in [5.74, 6) is 0. The van der Waals surface area contributed by atoms with Gasteiger partial charge in [-0.15, -0.1) is 6.54 Å². The molecule has 0 spiro atoms. The van der Waals surface area contributed by atoms with Crippen LogP contribution in [0.25, 0.3) is 16.0 Å². The molecule has 104 valence electrons. The topological polar surface area (TPSA) is 42.3 Å². The van der Waals surface area contributed by atoms with Gasteiger partial charge >= 0.3 is 25.8 Å². The van der Waals surface area contributed by atoms with Crippen molar-refractivity contribution in [3.63, 3.8) is 0 Å². The van der Waals surface area contributed by atoms with Crippen LogP contribution in [-0.4, -0.2) is 41.3 Å². The third-order valence-electron chi connectivity index (χ3n) is 1.66. The Morgan fingerprint density at radius 1 is 1.11 bits per heavy atom. The summed E-state index contributed by atoms with van der Waals surface area (Å²) in [6.07, 6.45) is 8.83. The van der Waals surface area contributed by atoms with E-state index in [2.05, 4.69) is 41.1 Å². The minimum absolute atomic E-state index is 0. The normalized spacial score (nSPS) is 10.8. The van der Waals surface area contributed by atoms with Gasteiger partial charge in [-0.3, -0.25) is 0 Å². The summed E-state index contributed by atoms with van der Waals surface area (Å²) in [6, 6.07) is 0. The van der Waals surface area contributed by atoms with Crippen LogP contribution in [0.1, 0.15) is 19.8 Å². The molecule has 0 saturated carbocycles. The van der Waals surface area contributed by atoms with Crippen LogP contribution >= 0.6 is 0 Å². The molecule has 0 radical (unpaired) electrons. The average Bonchev–Trinajstić information content (AvgIpc) is 2.73. The first-order chi connectivity index (χ1) is 7.76. The first-order valence-electron chi connectivity index (χ1n) is 5.70. The molecule has 0 aromatic rings. The van der Waals surface area contributed by atoms with Gasteiger partial charge in [0.25, 0.3) is 0 Å². The minimum atomic E-state index is 0. The summed E-state index contributed by atoms with van der Waals surface area (Å²) in [4.78, 5) is 0. The molecule has 18 heavy (non-hydrogen) atoms. The molecule has 3 nitrogen and oxygen atoms in total. The third kappa shape index (κ3) is 25.2. The first-order valence-corrected chi connectivity index (χ1v) is 5.70. The van der Waals surface area contributed by atoms with Crippen LogP contribution in [0, 0.1) is 7.43 Å². The van der Waals surface area contributed by atoms with Crippen molar-refractivity contribution in [1.82, 2.24) is 0 Å². The van der Waals surface area contributed by atoms with E-state index in [0.29, 0.717) is 0 Å². The third-order valence-corrected chi connectivity index (χ3v) is 1.66. The van der Waals surface area contributed by atoms with E-state index in [0.717, 1.165) is 25.9 Å². The van der Waals surface area contributed by atoms with Gasteiger partial charge in [0.05, 0.1) is 0 Å². The second-order valence-electron chi connectivity index (χ2n) is 3.37. The summed E-state index contributed by atoms with van der Waals surface area (Å²) in [7, 11) is 7.00. The Hall–Kier alpha value is 0.230. The van der Waals surface area contributed by atoms with E-state index in [-0.39, 0.29) is 33.3 Å². The van der Waals surface area contributed by atoms with Gasteiger partial charge in [-0.25, -0.2) is 0 Å². The maximum atomic E-state index is 4.27. The minimum Gasteiger partial charge on any atom is -0.668 e. The smallest absolute Gasteiger partial charge is 0.668 e. The fraction of sp³-hybridized carbons (Fsp3) is 0.643. The van der Waals surface area contributed by atoms with Gasteiger partial charge in [-0.05, 0) is 6.42 Å². The molecule has 0 amide bonds. The number of nitrogens with zero attached hydrogens (tertiary/aromatic N) is 3. The summed E-state index contributed by atoms with van der Waals surface area (Å²) in [5.41, 5.74) is 1.53. The Labute approximate surface area is 134 Å². The molecule has 0 aromatic heterocycles. The zero-order valence-corrected chi connectivity index (χ0v) is 16.5. The number of hydrogen-bond acceptors (Lipinski definition) is 0. The van der Waals surface area contributed by atoms with Crippen molar-refractivity contribution in [2.45, 2.75) is 19.8 Å². The summed E-state index contributed by atoms with van der Waals surface area (Å²) in [5, 5.41) is 11.3. The fourth-order valence-electron chi connectivity index (χ4n) is 1.06. The molecule has 0 unspecified atom stereocenters. The predicted octanol–water partition coefficient (Wildman–Crippen LogP) is 4.34. The quantitative estimate of drug-likeness (QED) is 0.371. The van der Waals surface area contributed by atoms with Crippen LogP contribution in [-0.2, 0) is 25.8 Å². The largest absolute Gasteiger partial charge is 4.00 e. The Bertz CT molecular complexity index is 178. The molecule has 0 fully saturated rings. The van der Waals surface area contributed by atoms with Crippen molar-refractivity contribution in [3.8, 4) is 0 Å². The summed E-state index contributed by atoms with van der Waals surface area (Å²) >= 11 is 0. The van der Waals surface area contributed by atoms with Gasteiger partial charge in [0.1, 0.15) is 0 Å². The standard InChI is InChI=1S/C9H14N.2C2H6N.CH3.Hf/c1-2-10-8-7-9-5-3-4-6-9;2*1-3-2;;/h3-5H,2,6-8H2,1H3;2*1-2H3;1H3;/q4*-1;+4. The Kier molecular flexibility index (Phi) is 38.5. The van der Waals surface area contributed by atoms with Crippen molar-refractivity contribution >= 4 is 0 Å². The van der Waals surface area contributed by atoms with E-state index in [1.807, 2.05) is 0 Å². The molecule has 0 aromatic carbocycles. The Balaban J connectivity index is -0.000000106. The van der Waals surface area contributed by atoms with E-state index < -0.39 is 0 Å². The molecular formula is C14H29HfN3. The Morgan fingerprint density at radius 3 is 1.94 bits per heavy atom. The average molecular weight is 418 g/mol. The van der Waals surface area contributed by atoms with Crippen LogP contribution in [0.3, 0.4) is 0 Å². The van der Waals surface area contributed by atoms with Crippen LogP contribution in [0.5, 0.6) is 0 Å². The number of allylic oxidation sites excluding steroid dienone is 3. The van der Waals surface area contributed by atoms with Crippen LogP contribution in [0.15, 0.2) is 23.8 Å². The molecule has 1 rings (SSSR count). The molecule has 0 N–H and O–H groups in total. The second-order valence-corrected chi connectivity index (χ2v) is 3.37. The zero-order valence-electron chi connectivity index (χ0n) is 12.9. The molecule has 4 heteroatoms. The van der Waals surface area contributed by atoms with Crippen LogP contribution in [0.4, 0.5) is 0 Å². The molecule has 1 aliphatic rings. The zero-order chi connectivity index (χ0) is 12.6. The van der Waals surface area contributed by atoms with Gasteiger partial charge in [-0.1, -0.05) is 37.1 Å².